The van der Waals surface area contributed by atoms with E-state index in [1.807, 2.05) is 12.1 Å². The molecule has 2 nitrogen and oxygen atoms in total. The van der Waals surface area contributed by atoms with Gasteiger partial charge in [0.1, 0.15) is 11.9 Å². The molecular formula is C15H20O2. The summed E-state index contributed by atoms with van der Waals surface area (Å²) in [5.74, 6) is 3.44. The molecule has 92 valence electrons. The van der Waals surface area contributed by atoms with E-state index in [0.29, 0.717) is 23.7 Å². The van der Waals surface area contributed by atoms with E-state index < -0.39 is 0 Å². The van der Waals surface area contributed by atoms with Crippen LogP contribution in [-0.4, -0.2) is 6.61 Å². The van der Waals surface area contributed by atoms with Gasteiger partial charge in [-0.05, 0) is 36.8 Å². The second-order valence-corrected chi connectivity index (χ2v) is 5.59. The van der Waals surface area contributed by atoms with Crippen LogP contribution in [-0.2, 0) is 4.74 Å². The first-order valence-electron chi connectivity index (χ1n) is 6.52. The molecule has 0 unspecified atom stereocenters. The Kier molecular flexibility index (Phi) is 2.62. The van der Waals surface area contributed by atoms with Crippen molar-refractivity contribution in [3.8, 4) is 0 Å². The average Bonchev–Trinajstić information content (AvgIpc) is 2.78. The molecule has 2 aliphatic rings. The van der Waals surface area contributed by atoms with Crippen molar-refractivity contribution < 1.29 is 9.15 Å². The van der Waals surface area contributed by atoms with Crippen LogP contribution >= 0.6 is 0 Å². The summed E-state index contributed by atoms with van der Waals surface area (Å²) in [5.41, 5.74) is 1.46. The summed E-state index contributed by atoms with van der Waals surface area (Å²) in [6, 6.07) is 3.98. The second-order valence-electron chi connectivity index (χ2n) is 5.59. The molecule has 1 aliphatic heterocycles. The minimum Gasteiger partial charge on any atom is -0.467 e. The summed E-state index contributed by atoms with van der Waals surface area (Å²) in [4.78, 5) is 0. The maximum absolute atomic E-state index is 6.07. The zero-order chi connectivity index (χ0) is 12.0. The van der Waals surface area contributed by atoms with Gasteiger partial charge in [-0.2, -0.15) is 0 Å². The number of rotatable bonds is 1. The molecule has 0 spiro atoms. The van der Waals surface area contributed by atoms with Crippen molar-refractivity contribution in [1.82, 2.24) is 0 Å². The highest BCUT2D eigenvalue weighted by molar-refractivity contribution is 5.20. The molecule has 2 bridgehead atoms. The van der Waals surface area contributed by atoms with E-state index in [0.717, 1.165) is 12.4 Å². The van der Waals surface area contributed by atoms with Crippen LogP contribution in [0.25, 0.3) is 0 Å². The first kappa shape index (κ1) is 11.1. The summed E-state index contributed by atoms with van der Waals surface area (Å²) in [6.45, 7) is 7.75. The third-order valence-electron chi connectivity index (χ3n) is 4.59. The lowest BCUT2D eigenvalue weighted by Crippen LogP contribution is -2.42. The van der Waals surface area contributed by atoms with E-state index >= 15 is 0 Å². The Morgan fingerprint density at radius 1 is 1.29 bits per heavy atom. The molecule has 0 radical (unpaired) electrons. The predicted octanol–water partition coefficient (Wildman–Crippen LogP) is 3.82. The lowest BCUT2D eigenvalue weighted by molar-refractivity contribution is -0.101. The Bertz CT molecular complexity index is 418. The molecule has 0 amide bonds. The van der Waals surface area contributed by atoms with Gasteiger partial charge in [0.25, 0.3) is 0 Å². The molecule has 2 heterocycles. The normalized spacial score (nSPS) is 41.1. The van der Waals surface area contributed by atoms with E-state index in [9.17, 15) is 0 Å². The molecular weight excluding hydrogens is 212 g/mol. The van der Waals surface area contributed by atoms with Gasteiger partial charge in [0.2, 0.25) is 0 Å². The molecule has 1 saturated heterocycles. The first-order chi connectivity index (χ1) is 8.18. The fourth-order valence-corrected chi connectivity index (χ4v) is 3.66. The molecule has 5 atom stereocenters. The zero-order valence-electron chi connectivity index (χ0n) is 10.7. The summed E-state index contributed by atoms with van der Waals surface area (Å²) >= 11 is 0. The largest absolute Gasteiger partial charge is 0.467 e. The van der Waals surface area contributed by atoms with Crippen molar-refractivity contribution in [3.63, 3.8) is 0 Å². The van der Waals surface area contributed by atoms with E-state index in [1.54, 1.807) is 6.26 Å². The van der Waals surface area contributed by atoms with Crippen molar-refractivity contribution in [3.05, 3.63) is 35.8 Å². The van der Waals surface area contributed by atoms with E-state index in [-0.39, 0.29) is 6.10 Å². The van der Waals surface area contributed by atoms with Crippen molar-refractivity contribution in [2.45, 2.75) is 26.9 Å². The van der Waals surface area contributed by atoms with Crippen LogP contribution in [0.4, 0.5) is 0 Å². The quantitative estimate of drug-likeness (QED) is 0.687. The number of ether oxygens (including phenoxy) is 1. The van der Waals surface area contributed by atoms with Crippen LogP contribution < -0.4 is 0 Å². The minimum absolute atomic E-state index is 0.111. The van der Waals surface area contributed by atoms with Crippen LogP contribution in [0.2, 0.25) is 0 Å². The predicted molar refractivity (Wildman–Crippen MR) is 66.5 cm³/mol. The number of fused-ring (bicyclic) bond motifs is 2. The molecule has 2 heteroatoms. The van der Waals surface area contributed by atoms with Crippen LogP contribution in [0.5, 0.6) is 0 Å². The molecule has 3 rings (SSSR count). The molecule has 0 saturated carbocycles. The highest BCUT2D eigenvalue weighted by atomic mass is 16.5. The van der Waals surface area contributed by atoms with E-state index in [4.69, 9.17) is 9.15 Å². The molecule has 17 heavy (non-hydrogen) atoms. The maximum atomic E-state index is 6.07. The molecule has 1 aromatic heterocycles. The standard InChI is InChI=1S/C15H20O2/c1-9-7-10(2)14-11(3)12(9)8-17-15(14)13-5-4-6-16-13/h4-7,9,11-12,14-15H,8H2,1-3H3/t9-,11-,12-,14+,15-/m1/s1. The summed E-state index contributed by atoms with van der Waals surface area (Å²) < 4.78 is 11.6. The van der Waals surface area contributed by atoms with Crippen LogP contribution in [0.15, 0.2) is 34.5 Å². The van der Waals surface area contributed by atoms with Crippen LogP contribution in [0.3, 0.4) is 0 Å². The molecule has 1 aromatic rings. The highest BCUT2D eigenvalue weighted by Gasteiger charge is 2.44. The molecule has 0 aromatic carbocycles. The van der Waals surface area contributed by atoms with Crippen molar-refractivity contribution in [1.29, 1.82) is 0 Å². The fourth-order valence-electron chi connectivity index (χ4n) is 3.66. The summed E-state index contributed by atoms with van der Waals surface area (Å²) in [7, 11) is 0. The molecule has 1 aliphatic carbocycles. The Balaban J connectivity index is 1.97. The monoisotopic (exact) mass is 232 g/mol. The van der Waals surface area contributed by atoms with Gasteiger partial charge >= 0.3 is 0 Å². The zero-order valence-corrected chi connectivity index (χ0v) is 10.7. The topological polar surface area (TPSA) is 22.4 Å². The Hall–Kier alpha value is -1.02. The summed E-state index contributed by atoms with van der Waals surface area (Å²) in [5, 5.41) is 0. The third-order valence-corrected chi connectivity index (χ3v) is 4.59. The smallest absolute Gasteiger partial charge is 0.133 e. The number of hydrogen-bond acceptors (Lipinski definition) is 2. The number of hydrogen-bond donors (Lipinski definition) is 0. The lowest BCUT2D eigenvalue weighted by Gasteiger charge is -2.46. The average molecular weight is 232 g/mol. The van der Waals surface area contributed by atoms with Gasteiger partial charge in [-0.1, -0.05) is 25.5 Å². The third kappa shape index (κ3) is 1.66. The Labute approximate surface area is 103 Å². The van der Waals surface area contributed by atoms with Crippen molar-refractivity contribution in [2.24, 2.45) is 23.7 Å². The van der Waals surface area contributed by atoms with E-state index in [2.05, 4.69) is 26.8 Å². The van der Waals surface area contributed by atoms with Gasteiger partial charge < -0.3 is 9.15 Å². The fraction of sp³-hybridized carbons (Fsp3) is 0.600. The second kappa shape index (κ2) is 4.02. The van der Waals surface area contributed by atoms with Gasteiger partial charge in [-0.15, -0.1) is 0 Å². The first-order valence-corrected chi connectivity index (χ1v) is 6.52. The Morgan fingerprint density at radius 2 is 2.12 bits per heavy atom. The lowest BCUT2D eigenvalue weighted by atomic mass is 9.65. The van der Waals surface area contributed by atoms with Gasteiger partial charge in [0, 0.05) is 5.92 Å². The number of allylic oxidation sites excluding steroid dienone is 1. The number of furan rings is 1. The minimum atomic E-state index is 0.111. The molecule has 1 fully saturated rings. The SMILES string of the molecule is CC1=C[C@@H](C)[C@H]2CO[C@H](c3ccco3)[C@@H]1[C@@H]2C. The highest BCUT2D eigenvalue weighted by Crippen LogP contribution is 2.49. The van der Waals surface area contributed by atoms with Crippen LogP contribution in [0.1, 0.15) is 32.6 Å². The van der Waals surface area contributed by atoms with E-state index in [1.165, 1.54) is 5.57 Å². The Morgan fingerprint density at radius 3 is 2.82 bits per heavy atom. The van der Waals surface area contributed by atoms with Gasteiger partial charge in [-0.25, -0.2) is 0 Å². The maximum Gasteiger partial charge on any atom is 0.133 e. The van der Waals surface area contributed by atoms with Gasteiger partial charge in [0.15, 0.2) is 0 Å². The van der Waals surface area contributed by atoms with Crippen molar-refractivity contribution >= 4 is 0 Å². The molecule has 0 N–H and O–H groups in total. The van der Waals surface area contributed by atoms with Gasteiger partial charge in [0.05, 0.1) is 12.9 Å². The van der Waals surface area contributed by atoms with Gasteiger partial charge in [-0.3, -0.25) is 0 Å². The van der Waals surface area contributed by atoms with Crippen LogP contribution in [0, 0.1) is 23.7 Å². The summed E-state index contributed by atoms with van der Waals surface area (Å²) in [6.07, 6.45) is 4.27. The van der Waals surface area contributed by atoms with Crippen molar-refractivity contribution in [2.75, 3.05) is 6.61 Å².